The van der Waals surface area contributed by atoms with Crippen molar-refractivity contribution in [2.24, 2.45) is 5.92 Å². The van der Waals surface area contributed by atoms with Gasteiger partial charge in [0.1, 0.15) is 0 Å². The van der Waals surface area contributed by atoms with Gasteiger partial charge in [0.2, 0.25) is 5.91 Å². The Labute approximate surface area is 82.4 Å². The van der Waals surface area contributed by atoms with Gasteiger partial charge in [0.05, 0.1) is 0 Å². The number of rotatable bonds is 2. The second kappa shape index (κ2) is 4.26. The zero-order chi connectivity index (χ0) is 9.14. The Balaban J connectivity index is 2.46. The second-order valence-corrected chi connectivity index (χ2v) is 4.47. The van der Waals surface area contributed by atoms with Crippen molar-refractivity contribution in [1.82, 2.24) is 4.90 Å². The molecule has 0 N–H and O–H groups in total. The number of hydrogen-bond acceptors (Lipinski definition) is 1. The van der Waals surface area contributed by atoms with Gasteiger partial charge >= 0.3 is 0 Å². The Bertz CT molecular complexity index is 172. The third-order valence-corrected chi connectivity index (χ3v) is 2.81. The number of alkyl halides is 1. The van der Waals surface area contributed by atoms with Gasteiger partial charge in [-0.3, -0.25) is 4.79 Å². The van der Waals surface area contributed by atoms with Crippen LogP contribution in [0, 0.1) is 5.92 Å². The minimum atomic E-state index is 0.295. The van der Waals surface area contributed by atoms with Crippen LogP contribution in [0.1, 0.15) is 26.7 Å². The maximum Gasteiger partial charge on any atom is 0.223 e. The van der Waals surface area contributed by atoms with Crippen molar-refractivity contribution in [1.29, 1.82) is 0 Å². The molecule has 1 fully saturated rings. The van der Waals surface area contributed by atoms with Gasteiger partial charge in [-0.2, -0.15) is 0 Å². The molecule has 1 saturated heterocycles. The van der Waals surface area contributed by atoms with Crippen molar-refractivity contribution in [2.75, 3.05) is 11.9 Å². The van der Waals surface area contributed by atoms with Crippen LogP contribution in [-0.4, -0.2) is 28.7 Å². The summed E-state index contributed by atoms with van der Waals surface area (Å²) in [6.07, 6.45) is 1.80. The molecule has 1 aliphatic heterocycles. The van der Waals surface area contributed by atoms with Crippen LogP contribution < -0.4 is 0 Å². The Morgan fingerprint density at radius 2 is 2.25 bits per heavy atom. The SMILES string of the molecule is CC1CC(C)N(C(=O)CCBr)C1. The predicted octanol–water partition coefficient (Wildman–Crippen LogP) is 2.03. The molecule has 1 amide bonds. The van der Waals surface area contributed by atoms with E-state index in [0.29, 0.717) is 24.3 Å². The molecule has 12 heavy (non-hydrogen) atoms. The van der Waals surface area contributed by atoms with Crippen molar-refractivity contribution < 1.29 is 4.79 Å². The Morgan fingerprint density at radius 3 is 2.67 bits per heavy atom. The highest BCUT2D eigenvalue weighted by Gasteiger charge is 2.28. The van der Waals surface area contributed by atoms with Crippen LogP contribution in [0.2, 0.25) is 0 Å². The number of amides is 1. The first-order valence-corrected chi connectivity index (χ1v) is 5.62. The molecule has 0 aliphatic carbocycles. The zero-order valence-electron chi connectivity index (χ0n) is 7.72. The molecular formula is C9H16BrNO. The average Bonchev–Trinajstić information content (AvgIpc) is 2.30. The first-order valence-electron chi connectivity index (χ1n) is 4.50. The van der Waals surface area contributed by atoms with E-state index in [2.05, 4.69) is 29.8 Å². The van der Waals surface area contributed by atoms with E-state index in [1.54, 1.807) is 0 Å². The van der Waals surface area contributed by atoms with Crippen molar-refractivity contribution in [2.45, 2.75) is 32.7 Å². The molecule has 0 aromatic heterocycles. The monoisotopic (exact) mass is 233 g/mol. The molecule has 2 atom stereocenters. The summed E-state index contributed by atoms with van der Waals surface area (Å²) in [5.41, 5.74) is 0. The lowest BCUT2D eigenvalue weighted by molar-refractivity contribution is -0.131. The summed E-state index contributed by atoms with van der Waals surface area (Å²) in [7, 11) is 0. The Morgan fingerprint density at radius 1 is 1.58 bits per heavy atom. The van der Waals surface area contributed by atoms with Crippen LogP contribution in [0.15, 0.2) is 0 Å². The van der Waals surface area contributed by atoms with Gasteiger partial charge in [-0.15, -0.1) is 0 Å². The van der Waals surface area contributed by atoms with Crippen molar-refractivity contribution in [3.05, 3.63) is 0 Å². The molecule has 0 radical (unpaired) electrons. The fourth-order valence-corrected chi connectivity index (χ4v) is 2.21. The Kier molecular flexibility index (Phi) is 3.56. The van der Waals surface area contributed by atoms with Crippen molar-refractivity contribution in [3.8, 4) is 0 Å². The maximum absolute atomic E-state index is 11.5. The number of carbonyl (C=O) groups is 1. The molecule has 0 saturated carbocycles. The van der Waals surface area contributed by atoms with E-state index in [1.807, 2.05) is 4.90 Å². The number of carbonyl (C=O) groups excluding carboxylic acids is 1. The molecule has 70 valence electrons. The van der Waals surface area contributed by atoms with Gasteiger partial charge in [0.25, 0.3) is 0 Å². The van der Waals surface area contributed by atoms with E-state index in [9.17, 15) is 4.79 Å². The molecular weight excluding hydrogens is 218 g/mol. The summed E-state index contributed by atoms with van der Waals surface area (Å²) < 4.78 is 0. The smallest absolute Gasteiger partial charge is 0.223 e. The van der Waals surface area contributed by atoms with Crippen LogP contribution in [0.3, 0.4) is 0 Å². The van der Waals surface area contributed by atoms with Crippen LogP contribution >= 0.6 is 15.9 Å². The van der Waals surface area contributed by atoms with E-state index in [0.717, 1.165) is 18.3 Å². The van der Waals surface area contributed by atoms with Gasteiger partial charge in [0, 0.05) is 24.3 Å². The van der Waals surface area contributed by atoms with Crippen molar-refractivity contribution >= 4 is 21.8 Å². The summed E-state index contributed by atoms with van der Waals surface area (Å²) in [5, 5.41) is 0.781. The van der Waals surface area contributed by atoms with Crippen LogP contribution in [0.5, 0.6) is 0 Å². The van der Waals surface area contributed by atoms with Gasteiger partial charge in [-0.1, -0.05) is 22.9 Å². The molecule has 1 rings (SSSR count). The van der Waals surface area contributed by atoms with Gasteiger partial charge in [0.15, 0.2) is 0 Å². The Hall–Kier alpha value is -0.0500. The minimum absolute atomic E-state index is 0.295. The largest absolute Gasteiger partial charge is 0.340 e. The summed E-state index contributed by atoms with van der Waals surface area (Å²) in [4.78, 5) is 13.5. The van der Waals surface area contributed by atoms with Crippen LogP contribution in [0.4, 0.5) is 0 Å². The molecule has 0 bridgehead atoms. The first-order chi connectivity index (χ1) is 5.65. The van der Waals surface area contributed by atoms with Crippen LogP contribution in [-0.2, 0) is 4.79 Å². The molecule has 0 spiro atoms. The highest BCUT2D eigenvalue weighted by molar-refractivity contribution is 9.09. The fourth-order valence-electron chi connectivity index (χ4n) is 1.87. The molecule has 1 aliphatic rings. The van der Waals surface area contributed by atoms with Crippen LogP contribution in [0.25, 0.3) is 0 Å². The van der Waals surface area contributed by atoms with Crippen molar-refractivity contribution in [3.63, 3.8) is 0 Å². The highest BCUT2D eigenvalue weighted by Crippen LogP contribution is 2.22. The molecule has 2 nitrogen and oxygen atoms in total. The fraction of sp³-hybridized carbons (Fsp3) is 0.889. The quantitative estimate of drug-likeness (QED) is 0.669. The van der Waals surface area contributed by atoms with Gasteiger partial charge in [-0.05, 0) is 19.3 Å². The van der Waals surface area contributed by atoms with Gasteiger partial charge < -0.3 is 4.90 Å². The van der Waals surface area contributed by atoms with E-state index in [-0.39, 0.29) is 0 Å². The zero-order valence-corrected chi connectivity index (χ0v) is 9.30. The molecule has 2 unspecified atom stereocenters. The summed E-state index contributed by atoms with van der Waals surface area (Å²) in [5.74, 6) is 0.975. The number of hydrogen-bond donors (Lipinski definition) is 0. The summed E-state index contributed by atoms with van der Waals surface area (Å²) in [6.45, 7) is 5.29. The lowest BCUT2D eigenvalue weighted by Gasteiger charge is -2.20. The topological polar surface area (TPSA) is 20.3 Å². The normalized spacial score (nSPS) is 29.4. The van der Waals surface area contributed by atoms with Gasteiger partial charge in [-0.25, -0.2) is 0 Å². The number of halogens is 1. The summed E-state index contributed by atoms with van der Waals surface area (Å²) >= 11 is 3.28. The van der Waals surface area contributed by atoms with E-state index < -0.39 is 0 Å². The molecule has 0 aromatic rings. The lowest BCUT2D eigenvalue weighted by Crippen LogP contribution is -2.33. The minimum Gasteiger partial charge on any atom is -0.340 e. The number of nitrogens with zero attached hydrogens (tertiary/aromatic N) is 1. The second-order valence-electron chi connectivity index (χ2n) is 3.67. The third-order valence-electron chi connectivity index (χ3n) is 2.41. The summed E-state index contributed by atoms with van der Waals surface area (Å²) in [6, 6.07) is 0.451. The molecule has 1 heterocycles. The molecule has 3 heteroatoms. The first kappa shape index (κ1) is 10.0. The van der Waals surface area contributed by atoms with E-state index in [4.69, 9.17) is 0 Å². The number of likely N-dealkylation sites (tertiary alicyclic amines) is 1. The lowest BCUT2D eigenvalue weighted by atomic mass is 10.1. The molecule has 0 aromatic carbocycles. The maximum atomic E-state index is 11.5. The average molecular weight is 234 g/mol. The highest BCUT2D eigenvalue weighted by atomic mass is 79.9. The van der Waals surface area contributed by atoms with E-state index in [1.165, 1.54) is 0 Å². The standard InChI is InChI=1S/C9H16BrNO/c1-7-5-8(2)11(6-7)9(12)3-4-10/h7-8H,3-6H2,1-2H3. The third kappa shape index (κ3) is 2.22. The predicted molar refractivity (Wildman–Crippen MR) is 53.4 cm³/mol. The van der Waals surface area contributed by atoms with E-state index >= 15 is 0 Å².